The van der Waals surface area contributed by atoms with Crippen LogP contribution in [0.2, 0.25) is 32.7 Å². The van der Waals surface area contributed by atoms with Gasteiger partial charge in [-0.1, -0.05) is 7.43 Å². The Balaban J connectivity index is 0. The van der Waals surface area contributed by atoms with Crippen LogP contribution in [0.15, 0.2) is 0 Å². The SMILES string of the molecule is C.COCC1CO1.CO[Si](C)(C)O[Si](C)(C)C. The maximum Gasteiger partial charge on any atom is 0.321 e. The average molecular weight is 283 g/mol. The fraction of sp³-hybridized carbons (Fsp3) is 1.00. The van der Waals surface area contributed by atoms with Gasteiger partial charge in [-0.2, -0.15) is 0 Å². The molecular formula is C11H30O4Si2. The van der Waals surface area contributed by atoms with Crippen LogP contribution in [-0.2, 0) is 18.0 Å². The Labute approximate surface area is 109 Å². The summed E-state index contributed by atoms with van der Waals surface area (Å²) in [6.07, 6.45) is 0.426. The largest absolute Gasteiger partial charge is 0.436 e. The fourth-order valence-electron chi connectivity index (χ4n) is 1.13. The summed E-state index contributed by atoms with van der Waals surface area (Å²) in [5.41, 5.74) is 0. The molecule has 1 fully saturated rings. The van der Waals surface area contributed by atoms with Crippen LogP contribution in [0.1, 0.15) is 7.43 Å². The molecule has 0 aromatic heterocycles. The lowest BCUT2D eigenvalue weighted by atomic mass is 10.5. The molecule has 0 bridgehead atoms. The van der Waals surface area contributed by atoms with Crippen LogP contribution in [0.5, 0.6) is 0 Å². The van der Waals surface area contributed by atoms with Crippen molar-refractivity contribution < 1.29 is 18.0 Å². The van der Waals surface area contributed by atoms with E-state index in [4.69, 9.17) is 18.0 Å². The molecule has 0 N–H and O–H groups in total. The highest BCUT2D eigenvalue weighted by Gasteiger charge is 2.29. The second kappa shape index (κ2) is 8.39. The number of epoxide rings is 1. The predicted molar refractivity (Wildman–Crippen MR) is 77.3 cm³/mol. The van der Waals surface area contributed by atoms with Crippen molar-refractivity contribution in [2.24, 2.45) is 0 Å². The molecule has 0 saturated carbocycles. The monoisotopic (exact) mass is 282 g/mol. The molecule has 0 radical (unpaired) electrons. The quantitative estimate of drug-likeness (QED) is 0.574. The molecule has 4 nitrogen and oxygen atoms in total. The van der Waals surface area contributed by atoms with Crippen molar-refractivity contribution >= 4 is 16.9 Å². The Morgan fingerprint density at radius 2 is 1.59 bits per heavy atom. The van der Waals surface area contributed by atoms with Crippen molar-refractivity contribution in [3.63, 3.8) is 0 Å². The van der Waals surface area contributed by atoms with Crippen LogP contribution >= 0.6 is 0 Å². The molecule has 0 spiro atoms. The van der Waals surface area contributed by atoms with Gasteiger partial charge in [-0.05, 0) is 32.7 Å². The normalized spacial score (nSPS) is 18.9. The van der Waals surface area contributed by atoms with E-state index in [0.717, 1.165) is 13.2 Å². The van der Waals surface area contributed by atoms with Gasteiger partial charge >= 0.3 is 8.56 Å². The maximum atomic E-state index is 5.83. The number of ether oxygens (including phenoxy) is 2. The summed E-state index contributed by atoms with van der Waals surface area (Å²) in [5, 5.41) is 0. The van der Waals surface area contributed by atoms with Gasteiger partial charge in [0.25, 0.3) is 0 Å². The van der Waals surface area contributed by atoms with Crippen molar-refractivity contribution in [1.82, 2.24) is 0 Å². The summed E-state index contributed by atoms with van der Waals surface area (Å²) in [6, 6.07) is 0. The van der Waals surface area contributed by atoms with Gasteiger partial charge in [-0.25, -0.2) is 0 Å². The first kappa shape index (κ1) is 19.6. The van der Waals surface area contributed by atoms with Crippen LogP contribution in [0.4, 0.5) is 0 Å². The molecule has 17 heavy (non-hydrogen) atoms. The van der Waals surface area contributed by atoms with E-state index in [1.54, 1.807) is 14.2 Å². The molecule has 6 heteroatoms. The molecule has 0 amide bonds. The van der Waals surface area contributed by atoms with E-state index in [2.05, 4.69) is 32.7 Å². The van der Waals surface area contributed by atoms with Gasteiger partial charge in [0.05, 0.1) is 13.2 Å². The van der Waals surface area contributed by atoms with Crippen molar-refractivity contribution in [3.8, 4) is 0 Å². The molecule has 0 aliphatic carbocycles. The lowest BCUT2D eigenvalue weighted by Gasteiger charge is -2.29. The summed E-state index contributed by atoms with van der Waals surface area (Å²) in [5.74, 6) is 0. The summed E-state index contributed by atoms with van der Waals surface area (Å²) < 4.78 is 20.7. The first-order valence-electron chi connectivity index (χ1n) is 5.56. The summed E-state index contributed by atoms with van der Waals surface area (Å²) >= 11 is 0. The molecule has 106 valence electrons. The maximum absolute atomic E-state index is 5.83. The molecule has 0 aromatic carbocycles. The third-order valence-electron chi connectivity index (χ3n) is 1.80. The third-order valence-corrected chi connectivity index (χ3v) is 7.20. The summed E-state index contributed by atoms with van der Waals surface area (Å²) in [7, 11) is 0.283. The first-order chi connectivity index (χ1) is 7.20. The summed E-state index contributed by atoms with van der Waals surface area (Å²) in [6.45, 7) is 12.4. The standard InChI is InChI=1S/C6H18O2Si2.C4H8O2.CH4/c1-7-10(5,6)8-9(2,3)4;1-5-2-4-3-6-4;/h1-6H3;4H,2-3H2,1H3;1H4. The second-order valence-corrected chi connectivity index (χ2v) is 13.5. The molecule has 0 aromatic rings. The number of methoxy groups -OCH3 is 1. The third kappa shape index (κ3) is 14.2. The Morgan fingerprint density at radius 1 is 1.12 bits per heavy atom. The van der Waals surface area contributed by atoms with E-state index in [0.29, 0.717) is 6.10 Å². The lowest BCUT2D eigenvalue weighted by Crippen LogP contribution is -2.43. The van der Waals surface area contributed by atoms with E-state index in [1.165, 1.54) is 0 Å². The first-order valence-corrected chi connectivity index (χ1v) is 11.8. The highest BCUT2D eigenvalue weighted by molar-refractivity contribution is 6.81. The van der Waals surface area contributed by atoms with Crippen molar-refractivity contribution in [3.05, 3.63) is 0 Å². The molecular weight excluding hydrogens is 252 g/mol. The van der Waals surface area contributed by atoms with Gasteiger partial charge < -0.3 is 18.0 Å². The molecule has 1 aliphatic rings. The predicted octanol–water partition coefficient (Wildman–Crippen LogP) is 2.85. The van der Waals surface area contributed by atoms with Crippen LogP contribution in [0, 0.1) is 0 Å². The highest BCUT2D eigenvalue weighted by Crippen LogP contribution is 2.13. The zero-order chi connectivity index (χ0) is 12.8. The zero-order valence-corrected chi connectivity index (χ0v) is 13.6. The smallest absolute Gasteiger partial charge is 0.321 e. The van der Waals surface area contributed by atoms with Gasteiger partial charge in [-0.3, -0.25) is 0 Å². The topological polar surface area (TPSA) is 40.2 Å². The van der Waals surface area contributed by atoms with Gasteiger partial charge in [0.1, 0.15) is 6.10 Å². The van der Waals surface area contributed by atoms with Crippen LogP contribution in [0.3, 0.4) is 0 Å². The highest BCUT2D eigenvalue weighted by atomic mass is 28.4. The number of hydrogen-bond donors (Lipinski definition) is 0. The molecule has 1 atom stereocenters. The summed E-state index contributed by atoms with van der Waals surface area (Å²) in [4.78, 5) is 0. The fourth-order valence-corrected chi connectivity index (χ4v) is 7.36. The number of rotatable bonds is 5. The molecule has 1 heterocycles. The van der Waals surface area contributed by atoms with E-state index < -0.39 is 16.9 Å². The Bertz CT molecular complexity index is 188. The van der Waals surface area contributed by atoms with Gasteiger partial charge in [-0.15, -0.1) is 0 Å². The Morgan fingerprint density at radius 3 is 1.71 bits per heavy atom. The Kier molecular flexibility index (Phi) is 9.68. The second-order valence-electron chi connectivity index (χ2n) is 5.23. The van der Waals surface area contributed by atoms with Crippen LogP contribution < -0.4 is 0 Å². The molecule has 1 saturated heterocycles. The van der Waals surface area contributed by atoms with Crippen LogP contribution in [-0.4, -0.2) is 50.4 Å². The van der Waals surface area contributed by atoms with Crippen molar-refractivity contribution in [2.75, 3.05) is 27.4 Å². The van der Waals surface area contributed by atoms with Gasteiger partial charge in [0, 0.05) is 14.2 Å². The zero-order valence-electron chi connectivity index (χ0n) is 11.6. The minimum Gasteiger partial charge on any atom is -0.436 e. The van der Waals surface area contributed by atoms with Crippen molar-refractivity contribution in [2.45, 2.75) is 46.3 Å². The molecule has 1 rings (SSSR count). The lowest BCUT2D eigenvalue weighted by molar-refractivity contribution is 0.171. The minimum absolute atomic E-state index is 0. The van der Waals surface area contributed by atoms with Crippen LogP contribution in [0.25, 0.3) is 0 Å². The van der Waals surface area contributed by atoms with E-state index in [9.17, 15) is 0 Å². The van der Waals surface area contributed by atoms with Gasteiger partial charge in [0.2, 0.25) is 0 Å². The molecule has 1 aliphatic heterocycles. The van der Waals surface area contributed by atoms with E-state index in [1.807, 2.05) is 0 Å². The van der Waals surface area contributed by atoms with E-state index >= 15 is 0 Å². The van der Waals surface area contributed by atoms with Crippen molar-refractivity contribution in [1.29, 1.82) is 0 Å². The average Bonchev–Trinajstić information content (AvgIpc) is 2.86. The number of hydrogen-bond acceptors (Lipinski definition) is 4. The van der Waals surface area contributed by atoms with E-state index in [-0.39, 0.29) is 7.43 Å². The minimum atomic E-state index is -1.75. The van der Waals surface area contributed by atoms with Gasteiger partial charge in [0.15, 0.2) is 8.32 Å². The Hall–Kier alpha value is 0.274. The molecule has 1 unspecified atom stereocenters.